The fraction of sp³-hybridized carbons (Fsp3) is 0.353. The highest BCUT2D eigenvalue weighted by Crippen LogP contribution is 2.20. The molecule has 0 aliphatic carbocycles. The summed E-state index contributed by atoms with van der Waals surface area (Å²) >= 11 is 1.21. The van der Waals surface area contributed by atoms with Crippen molar-refractivity contribution in [3.63, 3.8) is 0 Å². The third kappa shape index (κ3) is 4.63. The molecule has 0 saturated heterocycles. The van der Waals surface area contributed by atoms with Crippen molar-refractivity contribution < 1.29 is 14.3 Å². The summed E-state index contributed by atoms with van der Waals surface area (Å²) in [5.41, 5.74) is 2.58. The van der Waals surface area contributed by atoms with Crippen molar-refractivity contribution in [2.45, 2.75) is 33.6 Å². The Morgan fingerprint density at radius 3 is 2.52 bits per heavy atom. The van der Waals surface area contributed by atoms with Gasteiger partial charge < -0.3 is 10.1 Å². The number of aryl methyl sites for hydroxylation is 2. The van der Waals surface area contributed by atoms with Crippen molar-refractivity contribution in [1.29, 1.82) is 0 Å². The van der Waals surface area contributed by atoms with Gasteiger partial charge in [-0.3, -0.25) is 4.79 Å². The number of anilines is 1. The molecule has 0 atom stereocenters. The van der Waals surface area contributed by atoms with E-state index in [4.69, 9.17) is 4.74 Å². The standard InChI is InChI=1S/C17H20N2O3S/c1-4-12-6-8-13(9-7-12)19-14(20)10-15-18-11(3)16(23-15)17(21)22-5-2/h6-9H,4-5,10H2,1-3H3,(H,19,20). The molecule has 6 heteroatoms. The SMILES string of the molecule is CCOC(=O)c1sc(CC(=O)Nc2ccc(CC)cc2)nc1C. The summed E-state index contributed by atoms with van der Waals surface area (Å²) in [6.07, 6.45) is 1.10. The Balaban J connectivity index is 1.99. The van der Waals surface area contributed by atoms with E-state index in [0.717, 1.165) is 12.1 Å². The average Bonchev–Trinajstić information content (AvgIpc) is 2.88. The zero-order valence-corrected chi connectivity index (χ0v) is 14.3. The number of esters is 1. The van der Waals surface area contributed by atoms with Crippen LogP contribution in [0.4, 0.5) is 5.69 Å². The van der Waals surface area contributed by atoms with E-state index in [1.807, 2.05) is 24.3 Å². The molecule has 0 fully saturated rings. The van der Waals surface area contributed by atoms with Crippen LogP contribution in [-0.2, 0) is 22.4 Å². The first kappa shape index (κ1) is 17.1. The van der Waals surface area contributed by atoms with E-state index in [1.165, 1.54) is 16.9 Å². The molecule has 5 nitrogen and oxygen atoms in total. The number of hydrogen-bond donors (Lipinski definition) is 1. The topological polar surface area (TPSA) is 68.3 Å². The molecule has 1 amide bonds. The molecule has 2 aromatic rings. The Kier molecular flexibility index (Phi) is 5.87. The molecule has 1 heterocycles. The second kappa shape index (κ2) is 7.87. The van der Waals surface area contributed by atoms with Gasteiger partial charge >= 0.3 is 5.97 Å². The van der Waals surface area contributed by atoms with Gasteiger partial charge in [-0.2, -0.15) is 0 Å². The van der Waals surface area contributed by atoms with E-state index in [1.54, 1.807) is 13.8 Å². The highest BCUT2D eigenvalue weighted by atomic mass is 32.1. The molecule has 0 radical (unpaired) electrons. The maximum Gasteiger partial charge on any atom is 0.350 e. The normalized spacial score (nSPS) is 10.4. The van der Waals surface area contributed by atoms with Gasteiger partial charge in [-0.15, -0.1) is 11.3 Å². The van der Waals surface area contributed by atoms with Crippen LogP contribution < -0.4 is 5.32 Å². The van der Waals surface area contributed by atoms with E-state index < -0.39 is 0 Å². The summed E-state index contributed by atoms with van der Waals surface area (Å²) in [4.78, 5) is 28.6. The minimum Gasteiger partial charge on any atom is -0.462 e. The third-order valence-corrected chi connectivity index (χ3v) is 4.40. The molecule has 1 aromatic heterocycles. The number of amides is 1. The first-order valence-corrected chi connectivity index (χ1v) is 8.37. The number of aromatic nitrogens is 1. The first-order chi connectivity index (χ1) is 11.0. The Morgan fingerprint density at radius 1 is 1.22 bits per heavy atom. The lowest BCUT2D eigenvalue weighted by atomic mass is 10.1. The van der Waals surface area contributed by atoms with Crippen molar-refractivity contribution in [1.82, 2.24) is 4.98 Å². The van der Waals surface area contributed by atoms with Crippen molar-refractivity contribution >= 4 is 28.9 Å². The molecule has 0 aliphatic rings. The van der Waals surface area contributed by atoms with Crippen LogP contribution in [0.5, 0.6) is 0 Å². The largest absolute Gasteiger partial charge is 0.462 e. The second-order valence-corrected chi connectivity index (χ2v) is 6.10. The summed E-state index contributed by atoms with van der Waals surface area (Å²) < 4.78 is 4.98. The smallest absolute Gasteiger partial charge is 0.350 e. The minimum absolute atomic E-state index is 0.139. The van der Waals surface area contributed by atoms with Crippen LogP contribution in [0.15, 0.2) is 24.3 Å². The number of nitrogens with zero attached hydrogens (tertiary/aromatic N) is 1. The van der Waals surface area contributed by atoms with Gasteiger partial charge in [-0.25, -0.2) is 9.78 Å². The number of benzene rings is 1. The number of rotatable bonds is 6. The van der Waals surface area contributed by atoms with E-state index in [0.29, 0.717) is 22.2 Å². The van der Waals surface area contributed by atoms with Gasteiger partial charge in [0.1, 0.15) is 9.88 Å². The van der Waals surface area contributed by atoms with E-state index >= 15 is 0 Å². The van der Waals surface area contributed by atoms with Crippen molar-refractivity contribution in [3.8, 4) is 0 Å². The predicted octanol–water partition coefficient (Wildman–Crippen LogP) is 3.37. The highest BCUT2D eigenvalue weighted by Gasteiger charge is 2.17. The molecular weight excluding hydrogens is 312 g/mol. The number of ether oxygens (including phenoxy) is 1. The van der Waals surface area contributed by atoms with E-state index in [2.05, 4.69) is 17.2 Å². The van der Waals surface area contributed by atoms with E-state index in [9.17, 15) is 9.59 Å². The zero-order chi connectivity index (χ0) is 16.8. The van der Waals surface area contributed by atoms with Gasteiger partial charge in [-0.05, 0) is 38.0 Å². The monoisotopic (exact) mass is 332 g/mol. The lowest BCUT2D eigenvalue weighted by molar-refractivity contribution is -0.115. The Labute approximate surface area is 139 Å². The van der Waals surface area contributed by atoms with Gasteiger partial charge in [0.05, 0.1) is 18.7 Å². The van der Waals surface area contributed by atoms with Crippen LogP contribution in [0.1, 0.15) is 39.8 Å². The molecule has 0 aliphatic heterocycles. The van der Waals surface area contributed by atoms with Crippen LogP contribution in [0.3, 0.4) is 0 Å². The second-order valence-electron chi connectivity index (χ2n) is 5.02. The maximum atomic E-state index is 12.1. The van der Waals surface area contributed by atoms with Gasteiger partial charge in [0.2, 0.25) is 5.91 Å². The van der Waals surface area contributed by atoms with Crippen LogP contribution in [0, 0.1) is 6.92 Å². The van der Waals surface area contributed by atoms with Gasteiger partial charge in [-0.1, -0.05) is 19.1 Å². The number of nitrogens with one attached hydrogen (secondary N) is 1. The highest BCUT2D eigenvalue weighted by molar-refractivity contribution is 7.13. The molecular formula is C17H20N2O3S. The summed E-state index contributed by atoms with van der Waals surface area (Å²) in [5.74, 6) is -0.539. The summed E-state index contributed by atoms with van der Waals surface area (Å²) in [6.45, 7) is 5.90. The zero-order valence-electron chi connectivity index (χ0n) is 13.5. The molecule has 23 heavy (non-hydrogen) atoms. The quantitative estimate of drug-likeness (QED) is 0.824. The molecule has 0 saturated carbocycles. The lowest BCUT2D eigenvalue weighted by Gasteiger charge is -2.04. The van der Waals surface area contributed by atoms with Crippen LogP contribution >= 0.6 is 11.3 Å². The minimum atomic E-state index is -0.385. The molecule has 1 N–H and O–H groups in total. The van der Waals surface area contributed by atoms with Crippen LogP contribution in [0.2, 0.25) is 0 Å². The summed E-state index contributed by atoms with van der Waals surface area (Å²) in [7, 11) is 0. The molecule has 0 spiro atoms. The number of carbonyl (C=O) groups is 2. The Hall–Kier alpha value is -2.21. The third-order valence-electron chi connectivity index (χ3n) is 3.26. The van der Waals surface area contributed by atoms with Gasteiger partial charge in [0.15, 0.2) is 0 Å². The van der Waals surface area contributed by atoms with Gasteiger partial charge in [0, 0.05) is 5.69 Å². The molecule has 1 aromatic carbocycles. The first-order valence-electron chi connectivity index (χ1n) is 7.55. The number of hydrogen-bond acceptors (Lipinski definition) is 5. The number of carbonyl (C=O) groups excluding carboxylic acids is 2. The molecule has 0 bridgehead atoms. The number of thiazole rings is 1. The molecule has 0 unspecified atom stereocenters. The maximum absolute atomic E-state index is 12.1. The Bertz CT molecular complexity index is 692. The lowest BCUT2D eigenvalue weighted by Crippen LogP contribution is -2.14. The van der Waals surface area contributed by atoms with Crippen molar-refractivity contribution in [2.24, 2.45) is 0 Å². The van der Waals surface area contributed by atoms with E-state index in [-0.39, 0.29) is 18.3 Å². The van der Waals surface area contributed by atoms with Crippen LogP contribution in [0.25, 0.3) is 0 Å². The van der Waals surface area contributed by atoms with Crippen molar-refractivity contribution in [3.05, 3.63) is 45.4 Å². The Morgan fingerprint density at radius 2 is 1.91 bits per heavy atom. The van der Waals surface area contributed by atoms with Crippen LogP contribution in [-0.4, -0.2) is 23.5 Å². The van der Waals surface area contributed by atoms with Crippen molar-refractivity contribution in [2.75, 3.05) is 11.9 Å². The average molecular weight is 332 g/mol. The molecule has 2 rings (SSSR count). The fourth-order valence-electron chi connectivity index (χ4n) is 2.08. The van der Waals surface area contributed by atoms with Gasteiger partial charge in [0.25, 0.3) is 0 Å². The summed E-state index contributed by atoms with van der Waals surface area (Å²) in [6, 6.07) is 7.74. The summed E-state index contributed by atoms with van der Waals surface area (Å²) in [5, 5.41) is 3.44. The predicted molar refractivity (Wildman–Crippen MR) is 91.0 cm³/mol. The molecule has 122 valence electrons. The fourth-order valence-corrected chi connectivity index (χ4v) is 3.04.